The molecule has 36 heavy (non-hydrogen) atoms. The molecule has 0 spiro atoms. The number of fused-ring (bicyclic) bond motifs is 1. The second-order valence-electron chi connectivity index (χ2n) is 8.84. The van der Waals surface area contributed by atoms with Gasteiger partial charge >= 0.3 is 6.09 Å². The number of amides is 1. The van der Waals surface area contributed by atoms with E-state index >= 15 is 0 Å². The summed E-state index contributed by atoms with van der Waals surface area (Å²) in [5.74, 6) is -0.369. The van der Waals surface area contributed by atoms with Gasteiger partial charge in [-0.2, -0.15) is 5.10 Å². The summed E-state index contributed by atoms with van der Waals surface area (Å²) in [5, 5.41) is 8.48. The molecule has 0 aliphatic heterocycles. The van der Waals surface area contributed by atoms with Gasteiger partial charge in [0, 0.05) is 16.6 Å². The molecule has 0 atom stereocenters. The number of aromatic nitrogens is 2. The van der Waals surface area contributed by atoms with Crippen molar-refractivity contribution in [2.75, 3.05) is 32.6 Å². The molecule has 0 unspecified atom stereocenters. The third-order valence-electron chi connectivity index (χ3n) is 5.73. The van der Waals surface area contributed by atoms with Gasteiger partial charge < -0.3 is 9.64 Å². The Morgan fingerprint density at radius 3 is 2.47 bits per heavy atom. The fraction of sp³-hybridized carbons (Fsp3) is 0.250. The van der Waals surface area contributed by atoms with E-state index in [9.17, 15) is 14.0 Å². The van der Waals surface area contributed by atoms with Gasteiger partial charge in [-0.3, -0.25) is 10.1 Å². The molecule has 0 saturated carbocycles. The van der Waals surface area contributed by atoms with E-state index in [0.29, 0.717) is 34.3 Å². The molecule has 3 aromatic carbocycles. The van der Waals surface area contributed by atoms with Gasteiger partial charge in [-0.25, -0.2) is 13.9 Å². The number of anilines is 1. The van der Waals surface area contributed by atoms with E-state index in [2.05, 4.69) is 15.3 Å². The van der Waals surface area contributed by atoms with Gasteiger partial charge in [0.05, 0.1) is 24.2 Å². The first kappa shape index (κ1) is 25.1. The predicted octanol–water partition coefficient (Wildman–Crippen LogP) is 5.14. The number of nitrogens with zero attached hydrogens (tertiary/aromatic N) is 3. The third kappa shape index (κ3) is 6.34. The number of halogens is 1. The van der Waals surface area contributed by atoms with Crippen molar-refractivity contribution < 1.29 is 13.9 Å². The Hall–Kier alpha value is -4.04. The molecule has 1 aromatic heterocycles. The Kier molecular flexibility index (Phi) is 8.07. The van der Waals surface area contributed by atoms with E-state index in [4.69, 9.17) is 4.74 Å². The second kappa shape index (κ2) is 11.6. The molecular formula is C28H29FN4O3. The number of rotatable bonds is 9. The second-order valence-corrected chi connectivity index (χ2v) is 8.84. The largest absolute Gasteiger partial charge is 0.449 e. The summed E-state index contributed by atoms with van der Waals surface area (Å²) in [5.41, 5.74) is 2.32. The summed E-state index contributed by atoms with van der Waals surface area (Å²) >= 11 is 0. The number of nitrogens with one attached hydrogen (secondary N) is 1. The first-order valence-electron chi connectivity index (χ1n) is 11.8. The maximum Gasteiger partial charge on any atom is 0.411 e. The van der Waals surface area contributed by atoms with Crippen molar-refractivity contribution in [3.8, 4) is 11.3 Å². The van der Waals surface area contributed by atoms with Crippen LogP contribution >= 0.6 is 0 Å². The monoisotopic (exact) mass is 488 g/mol. The average Bonchev–Trinajstić information content (AvgIpc) is 2.86. The maximum atomic E-state index is 13.9. The van der Waals surface area contributed by atoms with Crippen molar-refractivity contribution in [3.63, 3.8) is 0 Å². The lowest BCUT2D eigenvalue weighted by Crippen LogP contribution is -2.24. The molecule has 0 aliphatic carbocycles. The highest BCUT2D eigenvalue weighted by molar-refractivity contribution is 5.93. The number of benzene rings is 3. The minimum absolute atomic E-state index is 0.225. The van der Waals surface area contributed by atoms with Crippen molar-refractivity contribution in [1.29, 1.82) is 0 Å². The SMILES string of the molecule is CN(C)CCCCOC(=O)Nc1ccc(Cn2nc(-c3cccc(F)c3)c3ccccc3c2=O)cc1. The number of hydrogen-bond acceptors (Lipinski definition) is 5. The minimum atomic E-state index is -0.500. The Bertz CT molecular complexity index is 1400. The lowest BCUT2D eigenvalue weighted by molar-refractivity contribution is 0.158. The average molecular weight is 489 g/mol. The van der Waals surface area contributed by atoms with Crippen LogP contribution in [0.1, 0.15) is 18.4 Å². The number of ether oxygens (including phenoxy) is 1. The fourth-order valence-electron chi connectivity index (χ4n) is 3.91. The van der Waals surface area contributed by atoms with Crippen molar-refractivity contribution in [3.05, 3.63) is 94.5 Å². The molecule has 7 nitrogen and oxygen atoms in total. The zero-order chi connectivity index (χ0) is 25.5. The molecule has 0 radical (unpaired) electrons. The van der Waals surface area contributed by atoms with Crippen LogP contribution < -0.4 is 10.9 Å². The zero-order valence-corrected chi connectivity index (χ0v) is 20.4. The van der Waals surface area contributed by atoms with Gasteiger partial charge in [-0.1, -0.05) is 42.5 Å². The van der Waals surface area contributed by atoms with Crippen LogP contribution in [0.4, 0.5) is 14.9 Å². The number of carbonyl (C=O) groups excluding carboxylic acids is 1. The molecule has 186 valence electrons. The molecule has 1 heterocycles. The number of hydrogen-bond donors (Lipinski definition) is 1. The Balaban J connectivity index is 1.48. The molecule has 4 aromatic rings. The van der Waals surface area contributed by atoms with Crippen LogP contribution in [0, 0.1) is 5.82 Å². The number of unbranched alkanes of at least 4 members (excludes halogenated alkanes) is 1. The lowest BCUT2D eigenvalue weighted by Gasteiger charge is -2.12. The third-order valence-corrected chi connectivity index (χ3v) is 5.73. The number of carbonyl (C=O) groups is 1. The van der Waals surface area contributed by atoms with Gasteiger partial charge in [0.2, 0.25) is 0 Å². The van der Waals surface area contributed by atoms with Crippen LogP contribution in [0.2, 0.25) is 0 Å². The van der Waals surface area contributed by atoms with Crippen LogP contribution in [0.25, 0.3) is 22.0 Å². The van der Waals surface area contributed by atoms with Crippen molar-refractivity contribution in [2.45, 2.75) is 19.4 Å². The van der Waals surface area contributed by atoms with Crippen LogP contribution in [0.3, 0.4) is 0 Å². The quantitative estimate of drug-likeness (QED) is 0.330. The highest BCUT2D eigenvalue weighted by atomic mass is 19.1. The zero-order valence-electron chi connectivity index (χ0n) is 20.4. The summed E-state index contributed by atoms with van der Waals surface area (Å²) in [6, 6.07) is 20.5. The molecular weight excluding hydrogens is 459 g/mol. The van der Waals surface area contributed by atoms with Crippen LogP contribution in [-0.4, -0.2) is 48.0 Å². The molecule has 0 bridgehead atoms. The van der Waals surface area contributed by atoms with E-state index in [1.54, 1.807) is 36.4 Å². The fourth-order valence-corrected chi connectivity index (χ4v) is 3.91. The van der Waals surface area contributed by atoms with Gasteiger partial charge in [0.1, 0.15) is 5.82 Å². The van der Waals surface area contributed by atoms with Gasteiger partial charge in [0.25, 0.3) is 5.56 Å². The highest BCUT2D eigenvalue weighted by Crippen LogP contribution is 2.25. The first-order valence-corrected chi connectivity index (χ1v) is 11.8. The van der Waals surface area contributed by atoms with Gasteiger partial charge in [-0.15, -0.1) is 0 Å². The summed E-state index contributed by atoms with van der Waals surface area (Å²) in [6.07, 6.45) is 1.26. The van der Waals surface area contributed by atoms with Crippen LogP contribution in [0.5, 0.6) is 0 Å². The van der Waals surface area contributed by atoms with Crippen molar-refractivity contribution in [1.82, 2.24) is 14.7 Å². The lowest BCUT2D eigenvalue weighted by atomic mass is 10.0. The molecule has 4 rings (SSSR count). The Labute approximate surface area is 209 Å². The minimum Gasteiger partial charge on any atom is -0.449 e. The molecule has 1 amide bonds. The van der Waals surface area contributed by atoms with Crippen molar-refractivity contribution in [2.24, 2.45) is 0 Å². The molecule has 8 heteroatoms. The van der Waals surface area contributed by atoms with E-state index in [1.807, 2.05) is 38.4 Å². The standard InChI is InChI=1S/C28H29FN4O3/c1-32(2)16-5-6-17-36-28(35)30-23-14-12-20(13-15-23)19-33-27(34)25-11-4-3-10-24(25)26(31-33)21-8-7-9-22(29)18-21/h3-4,7-15,18H,5-6,16-17,19H2,1-2H3,(H,30,35). The van der Waals surface area contributed by atoms with Gasteiger partial charge in [0.15, 0.2) is 0 Å². The maximum absolute atomic E-state index is 13.9. The molecule has 0 fully saturated rings. The van der Waals surface area contributed by atoms with E-state index in [1.165, 1.54) is 16.8 Å². The van der Waals surface area contributed by atoms with E-state index in [0.717, 1.165) is 24.9 Å². The summed E-state index contributed by atoms with van der Waals surface area (Å²) in [4.78, 5) is 27.2. The summed E-state index contributed by atoms with van der Waals surface area (Å²) < 4.78 is 20.5. The van der Waals surface area contributed by atoms with Crippen LogP contribution in [0.15, 0.2) is 77.6 Å². The molecule has 0 saturated heterocycles. The molecule has 0 aliphatic rings. The Morgan fingerprint density at radius 2 is 1.75 bits per heavy atom. The topological polar surface area (TPSA) is 76.5 Å². The highest BCUT2D eigenvalue weighted by Gasteiger charge is 2.13. The smallest absolute Gasteiger partial charge is 0.411 e. The van der Waals surface area contributed by atoms with Crippen LogP contribution in [-0.2, 0) is 11.3 Å². The van der Waals surface area contributed by atoms with E-state index < -0.39 is 6.09 Å². The predicted molar refractivity (Wildman–Crippen MR) is 140 cm³/mol. The summed E-state index contributed by atoms with van der Waals surface area (Å²) in [7, 11) is 4.01. The Morgan fingerprint density at radius 1 is 1.00 bits per heavy atom. The first-order chi connectivity index (χ1) is 17.4. The van der Waals surface area contributed by atoms with E-state index in [-0.39, 0.29) is 17.9 Å². The summed E-state index contributed by atoms with van der Waals surface area (Å²) in [6.45, 7) is 1.54. The molecule has 1 N–H and O–H groups in total. The van der Waals surface area contributed by atoms with Crippen molar-refractivity contribution >= 4 is 22.6 Å². The van der Waals surface area contributed by atoms with Gasteiger partial charge in [-0.05, 0) is 69.4 Å². The normalized spacial score (nSPS) is 11.1.